The third-order valence-electron chi connectivity index (χ3n) is 8.28. The van der Waals surface area contributed by atoms with Crippen LogP contribution >= 0.6 is 0 Å². The summed E-state index contributed by atoms with van der Waals surface area (Å²) < 4.78 is 0. The molecule has 3 atom stereocenters. The number of carboxylic acid groups (broad SMARTS) is 1. The van der Waals surface area contributed by atoms with E-state index in [0.717, 1.165) is 5.56 Å². The third-order valence-corrected chi connectivity index (χ3v) is 8.28. The first-order valence-corrected chi connectivity index (χ1v) is 14.3. The first kappa shape index (κ1) is 29.6. The number of likely N-dealkylation sites (tertiary alicyclic amines) is 1. The topological polar surface area (TPSA) is 171 Å². The summed E-state index contributed by atoms with van der Waals surface area (Å²) in [6, 6.07) is 13.6. The number of amides is 4. The Morgan fingerprint density at radius 3 is 2.35 bits per heavy atom. The molecular formula is C31H34N6O6. The zero-order valence-electron chi connectivity index (χ0n) is 23.8. The molecule has 0 aliphatic carbocycles. The van der Waals surface area contributed by atoms with E-state index in [9.17, 15) is 29.1 Å². The minimum atomic E-state index is -1.36. The highest BCUT2D eigenvalue weighted by atomic mass is 16.4. The van der Waals surface area contributed by atoms with Crippen molar-refractivity contribution in [3.8, 4) is 0 Å². The van der Waals surface area contributed by atoms with E-state index in [2.05, 4.69) is 25.9 Å². The number of hydrogen-bond acceptors (Lipinski definition) is 7. The van der Waals surface area contributed by atoms with Gasteiger partial charge in [0.05, 0.1) is 17.2 Å². The molecule has 4 amide bonds. The van der Waals surface area contributed by atoms with Crippen LogP contribution in [0, 0.1) is 5.92 Å². The second kappa shape index (κ2) is 12.6. The van der Waals surface area contributed by atoms with Gasteiger partial charge in [-0.05, 0) is 43.4 Å². The number of para-hydroxylation sites is 2. The number of nitrogens with zero attached hydrogens (tertiary/aromatic N) is 3. The van der Waals surface area contributed by atoms with Crippen LogP contribution in [-0.2, 0) is 25.6 Å². The predicted octanol–water partition coefficient (Wildman–Crippen LogP) is 1.45. The van der Waals surface area contributed by atoms with Gasteiger partial charge in [-0.25, -0.2) is 9.78 Å². The standard InChI is InChI=1S/C31H34N6O6/c1-19(38)37-13-11-31(12-14-37)17-21(27(39)36-31)16-25(30(42)43)35-28(40)24(15-20-7-3-2-4-8-20)34-29(41)26-18-32-22-9-5-6-10-23(22)33-26/h2-10,18,21,24-25H,11-17H2,1H3,(H,34,41)(H,35,40)(H,36,39)(H,42,43)/t21?,24-,25?/m0/s1. The van der Waals surface area contributed by atoms with Crippen molar-refractivity contribution in [2.45, 2.75) is 56.7 Å². The van der Waals surface area contributed by atoms with Gasteiger partial charge >= 0.3 is 5.97 Å². The first-order chi connectivity index (χ1) is 20.6. The third kappa shape index (κ3) is 6.96. The van der Waals surface area contributed by atoms with E-state index in [-0.39, 0.29) is 30.3 Å². The number of fused-ring (bicyclic) bond motifs is 1. The molecule has 0 bridgehead atoms. The largest absolute Gasteiger partial charge is 0.480 e. The lowest BCUT2D eigenvalue weighted by Crippen LogP contribution is -2.53. The summed E-state index contributed by atoms with van der Waals surface area (Å²) >= 11 is 0. The van der Waals surface area contributed by atoms with Gasteiger partial charge in [0.15, 0.2) is 0 Å². The minimum absolute atomic E-state index is 0.0168. The number of carboxylic acids is 1. The van der Waals surface area contributed by atoms with Crippen molar-refractivity contribution < 1.29 is 29.1 Å². The van der Waals surface area contributed by atoms with Crippen molar-refractivity contribution in [2.75, 3.05) is 13.1 Å². The number of benzene rings is 2. The molecule has 2 unspecified atom stereocenters. The van der Waals surface area contributed by atoms with E-state index in [0.29, 0.717) is 43.4 Å². The summed E-state index contributed by atoms with van der Waals surface area (Å²) in [5, 5.41) is 18.3. The Labute approximate surface area is 248 Å². The highest BCUT2D eigenvalue weighted by molar-refractivity contribution is 5.98. The molecule has 2 aromatic carbocycles. The molecule has 12 heteroatoms. The van der Waals surface area contributed by atoms with Crippen molar-refractivity contribution in [1.82, 2.24) is 30.8 Å². The predicted molar refractivity (Wildman–Crippen MR) is 156 cm³/mol. The maximum atomic E-state index is 13.5. The summed E-state index contributed by atoms with van der Waals surface area (Å²) in [6.45, 7) is 2.55. The molecule has 5 rings (SSSR count). The molecular weight excluding hydrogens is 552 g/mol. The summed E-state index contributed by atoms with van der Waals surface area (Å²) in [5.41, 5.74) is 1.41. The normalized spacial score (nSPS) is 19.0. The molecule has 2 aliphatic rings. The molecule has 1 spiro atoms. The van der Waals surface area contributed by atoms with Gasteiger partial charge in [0.2, 0.25) is 17.7 Å². The number of aromatic nitrogens is 2. The van der Waals surface area contributed by atoms with Crippen LogP contribution in [0.1, 0.15) is 48.7 Å². The number of hydrogen-bond donors (Lipinski definition) is 4. The number of rotatable bonds is 9. The highest BCUT2D eigenvalue weighted by Crippen LogP contribution is 2.36. The molecule has 224 valence electrons. The average Bonchev–Trinajstić information content (AvgIpc) is 3.30. The van der Waals surface area contributed by atoms with Crippen LogP contribution in [0.2, 0.25) is 0 Å². The van der Waals surface area contributed by atoms with Gasteiger partial charge in [-0.1, -0.05) is 42.5 Å². The Morgan fingerprint density at radius 2 is 1.67 bits per heavy atom. The number of carbonyl (C=O) groups excluding carboxylic acids is 4. The molecule has 43 heavy (non-hydrogen) atoms. The number of carbonyl (C=O) groups is 5. The quantitative estimate of drug-likeness (QED) is 0.292. The minimum Gasteiger partial charge on any atom is -0.480 e. The maximum absolute atomic E-state index is 13.5. The van der Waals surface area contributed by atoms with Crippen LogP contribution in [-0.4, -0.2) is 80.3 Å². The fourth-order valence-electron chi connectivity index (χ4n) is 5.88. The van der Waals surface area contributed by atoms with Crippen molar-refractivity contribution in [3.63, 3.8) is 0 Å². The Kier molecular flexibility index (Phi) is 8.65. The Balaban J connectivity index is 1.29. The van der Waals surface area contributed by atoms with Crippen LogP contribution in [0.15, 0.2) is 60.8 Å². The number of aliphatic carboxylic acids is 1. The monoisotopic (exact) mass is 586 g/mol. The van der Waals surface area contributed by atoms with Crippen molar-refractivity contribution in [3.05, 3.63) is 72.1 Å². The van der Waals surface area contributed by atoms with E-state index < -0.39 is 41.3 Å². The average molecular weight is 587 g/mol. The van der Waals surface area contributed by atoms with E-state index in [1.54, 1.807) is 47.4 Å². The molecule has 2 saturated heterocycles. The van der Waals surface area contributed by atoms with Gasteiger partial charge < -0.3 is 26.0 Å². The van der Waals surface area contributed by atoms with Crippen LogP contribution in [0.4, 0.5) is 0 Å². The van der Waals surface area contributed by atoms with Gasteiger partial charge in [-0.3, -0.25) is 24.2 Å². The molecule has 4 N–H and O–H groups in total. The summed E-state index contributed by atoms with van der Waals surface area (Å²) in [7, 11) is 0. The first-order valence-electron chi connectivity index (χ1n) is 14.3. The SMILES string of the molecule is CC(=O)N1CCC2(CC1)CC(CC(NC(=O)[C@H](Cc1ccccc1)NC(=O)c1cnc3ccccc3n1)C(=O)O)C(=O)N2. The lowest BCUT2D eigenvalue weighted by Gasteiger charge is -2.39. The second-order valence-electron chi connectivity index (χ2n) is 11.3. The van der Waals surface area contributed by atoms with E-state index in [1.165, 1.54) is 13.1 Å². The van der Waals surface area contributed by atoms with Gasteiger partial charge in [0.1, 0.15) is 17.8 Å². The molecule has 0 saturated carbocycles. The van der Waals surface area contributed by atoms with E-state index in [1.807, 2.05) is 12.1 Å². The molecule has 3 heterocycles. The summed E-state index contributed by atoms with van der Waals surface area (Å²) in [4.78, 5) is 74.0. The smallest absolute Gasteiger partial charge is 0.326 e. The van der Waals surface area contributed by atoms with Crippen molar-refractivity contribution in [1.29, 1.82) is 0 Å². The van der Waals surface area contributed by atoms with Crippen molar-refractivity contribution in [2.24, 2.45) is 5.92 Å². The van der Waals surface area contributed by atoms with Crippen LogP contribution < -0.4 is 16.0 Å². The van der Waals surface area contributed by atoms with Crippen molar-refractivity contribution >= 4 is 40.6 Å². The number of nitrogens with one attached hydrogen (secondary N) is 3. The lowest BCUT2D eigenvalue weighted by molar-refractivity contribution is -0.142. The number of piperidine rings is 1. The fraction of sp³-hybridized carbons (Fsp3) is 0.387. The van der Waals surface area contributed by atoms with E-state index in [4.69, 9.17) is 0 Å². The van der Waals surface area contributed by atoms with Gasteiger partial charge in [0, 0.05) is 37.9 Å². The summed E-state index contributed by atoms with van der Waals surface area (Å²) in [5.74, 6) is -3.51. The van der Waals surface area contributed by atoms with Gasteiger partial charge in [0.25, 0.3) is 5.91 Å². The molecule has 0 radical (unpaired) electrons. The molecule has 1 aromatic heterocycles. The zero-order chi connectivity index (χ0) is 30.6. The van der Waals surface area contributed by atoms with Gasteiger partial charge in [-0.15, -0.1) is 0 Å². The molecule has 3 aromatic rings. The second-order valence-corrected chi connectivity index (χ2v) is 11.3. The van der Waals surface area contributed by atoms with Gasteiger partial charge in [-0.2, -0.15) is 0 Å². The Morgan fingerprint density at radius 1 is 1.00 bits per heavy atom. The Bertz CT molecular complexity index is 1540. The Hall–Kier alpha value is -4.87. The van der Waals surface area contributed by atoms with Crippen LogP contribution in [0.3, 0.4) is 0 Å². The lowest BCUT2D eigenvalue weighted by atomic mass is 9.82. The molecule has 12 nitrogen and oxygen atoms in total. The molecule has 2 aliphatic heterocycles. The van der Waals surface area contributed by atoms with Crippen LogP contribution in [0.5, 0.6) is 0 Å². The van der Waals surface area contributed by atoms with E-state index >= 15 is 0 Å². The fourth-order valence-corrected chi connectivity index (χ4v) is 5.88. The molecule has 2 fully saturated rings. The summed E-state index contributed by atoms with van der Waals surface area (Å²) in [6.07, 6.45) is 2.91. The maximum Gasteiger partial charge on any atom is 0.326 e. The highest BCUT2D eigenvalue weighted by Gasteiger charge is 2.47. The van der Waals surface area contributed by atoms with Crippen LogP contribution in [0.25, 0.3) is 11.0 Å². The zero-order valence-corrected chi connectivity index (χ0v) is 23.8.